The highest BCUT2D eigenvalue weighted by molar-refractivity contribution is 5.88. The van der Waals surface area contributed by atoms with E-state index in [0.717, 1.165) is 36.6 Å². The first-order chi connectivity index (χ1) is 15.0. The van der Waals surface area contributed by atoms with Gasteiger partial charge in [0.15, 0.2) is 6.61 Å². The molecule has 1 aliphatic rings. The fourth-order valence-electron chi connectivity index (χ4n) is 3.88. The van der Waals surface area contributed by atoms with Crippen LogP contribution in [0.4, 0.5) is 0 Å². The van der Waals surface area contributed by atoms with E-state index in [1.165, 1.54) is 25.3 Å². The van der Waals surface area contributed by atoms with Gasteiger partial charge < -0.3 is 24.9 Å². The first-order valence-electron chi connectivity index (χ1n) is 10.8. The van der Waals surface area contributed by atoms with Gasteiger partial charge in [0, 0.05) is 23.6 Å². The third-order valence-corrected chi connectivity index (χ3v) is 5.58. The van der Waals surface area contributed by atoms with Gasteiger partial charge in [0.2, 0.25) is 5.91 Å². The minimum absolute atomic E-state index is 0.0747. The molecular formula is C23H30N2O6. The lowest BCUT2D eigenvalue weighted by Crippen LogP contribution is -2.52. The molecule has 8 nitrogen and oxygen atoms in total. The molecule has 0 spiro atoms. The number of aliphatic hydroxyl groups excluding tert-OH is 1. The van der Waals surface area contributed by atoms with Crippen molar-refractivity contribution in [2.75, 3.05) is 13.2 Å². The maximum absolute atomic E-state index is 12.5. The van der Waals surface area contributed by atoms with Crippen molar-refractivity contribution < 1.29 is 23.8 Å². The summed E-state index contributed by atoms with van der Waals surface area (Å²) in [5, 5.41) is 15.8. The van der Waals surface area contributed by atoms with Crippen molar-refractivity contribution >= 4 is 22.8 Å². The van der Waals surface area contributed by atoms with Crippen LogP contribution in [0.1, 0.15) is 50.5 Å². The Hall–Kier alpha value is -2.87. The molecule has 1 aromatic carbocycles. The summed E-state index contributed by atoms with van der Waals surface area (Å²) < 4.78 is 10.6. The average molecular weight is 431 g/mol. The molecule has 1 aliphatic carbocycles. The number of nitrogens with one attached hydrogen (secondary N) is 2. The molecule has 1 saturated carbocycles. The molecule has 2 amide bonds. The molecule has 0 bridgehead atoms. The number of benzene rings is 1. The topological polar surface area (TPSA) is 118 Å². The molecule has 31 heavy (non-hydrogen) atoms. The summed E-state index contributed by atoms with van der Waals surface area (Å²) in [6.45, 7) is 0.976. The number of ether oxygens (including phenoxy) is 1. The van der Waals surface area contributed by atoms with Gasteiger partial charge in [-0.15, -0.1) is 0 Å². The quantitative estimate of drug-likeness (QED) is 0.580. The fraction of sp³-hybridized carbons (Fsp3) is 0.522. The van der Waals surface area contributed by atoms with E-state index >= 15 is 0 Å². The number of fused-ring (bicyclic) bond motifs is 1. The predicted molar refractivity (Wildman–Crippen MR) is 116 cm³/mol. The molecular weight excluding hydrogens is 400 g/mol. The standard InChI is InChI=1S/C23H30N2O6/c1-15-11-22(28)31-20-12-17(9-10-18(15)20)30-14-21(27)25-19(13-26)23(29)24-16-7-5-3-2-4-6-8-16/h9-12,16,19,26H,2-8,13-14H2,1H3,(H,24,29)(H,25,27)/t19-/m0/s1. The van der Waals surface area contributed by atoms with Gasteiger partial charge in [0.1, 0.15) is 17.4 Å². The summed E-state index contributed by atoms with van der Waals surface area (Å²) in [4.78, 5) is 36.3. The first kappa shape index (κ1) is 22.8. The Morgan fingerprint density at radius 1 is 1.16 bits per heavy atom. The summed E-state index contributed by atoms with van der Waals surface area (Å²) in [6.07, 6.45) is 7.54. The number of hydrogen-bond donors (Lipinski definition) is 3. The van der Waals surface area contributed by atoms with Crippen LogP contribution >= 0.6 is 0 Å². The highest BCUT2D eigenvalue weighted by atomic mass is 16.5. The molecule has 3 rings (SSSR count). The van der Waals surface area contributed by atoms with Gasteiger partial charge in [0.05, 0.1) is 6.61 Å². The molecule has 1 fully saturated rings. The molecule has 3 N–H and O–H groups in total. The van der Waals surface area contributed by atoms with E-state index in [-0.39, 0.29) is 18.6 Å². The Morgan fingerprint density at radius 3 is 2.58 bits per heavy atom. The van der Waals surface area contributed by atoms with Crippen molar-refractivity contribution in [3.63, 3.8) is 0 Å². The average Bonchev–Trinajstić information content (AvgIpc) is 2.71. The highest BCUT2D eigenvalue weighted by Crippen LogP contribution is 2.22. The number of hydrogen-bond acceptors (Lipinski definition) is 6. The summed E-state index contributed by atoms with van der Waals surface area (Å²) >= 11 is 0. The van der Waals surface area contributed by atoms with Crippen LogP contribution in [0.5, 0.6) is 5.75 Å². The Bertz CT molecular complexity index is 962. The highest BCUT2D eigenvalue weighted by Gasteiger charge is 2.23. The van der Waals surface area contributed by atoms with E-state index in [1.54, 1.807) is 18.2 Å². The van der Waals surface area contributed by atoms with E-state index < -0.39 is 24.2 Å². The smallest absolute Gasteiger partial charge is 0.336 e. The third kappa shape index (κ3) is 6.55. The predicted octanol–water partition coefficient (Wildman–Crippen LogP) is 2.19. The normalized spacial score (nSPS) is 16.2. The number of aliphatic hydroxyl groups is 1. The van der Waals surface area contributed by atoms with Crippen LogP contribution in [0.25, 0.3) is 11.0 Å². The largest absolute Gasteiger partial charge is 0.484 e. The van der Waals surface area contributed by atoms with Crippen LogP contribution < -0.4 is 21.0 Å². The molecule has 2 aromatic rings. The van der Waals surface area contributed by atoms with Crippen LogP contribution in [0.15, 0.2) is 33.5 Å². The Balaban J connectivity index is 1.53. The minimum atomic E-state index is -1.03. The second-order valence-corrected chi connectivity index (χ2v) is 8.05. The van der Waals surface area contributed by atoms with Crippen molar-refractivity contribution in [3.05, 3.63) is 40.2 Å². The van der Waals surface area contributed by atoms with E-state index in [2.05, 4.69) is 10.6 Å². The number of amides is 2. The van der Waals surface area contributed by atoms with Gasteiger partial charge >= 0.3 is 5.63 Å². The zero-order valence-electron chi connectivity index (χ0n) is 17.8. The van der Waals surface area contributed by atoms with E-state index in [9.17, 15) is 19.5 Å². The molecule has 0 radical (unpaired) electrons. The number of carbonyl (C=O) groups is 2. The molecule has 1 heterocycles. The van der Waals surface area contributed by atoms with Crippen LogP contribution in [0, 0.1) is 6.92 Å². The van der Waals surface area contributed by atoms with Crippen LogP contribution in [0.2, 0.25) is 0 Å². The summed E-state index contributed by atoms with van der Waals surface area (Å²) in [5.41, 5.74) is 0.701. The summed E-state index contributed by atoms with van der Waals surface area (Å²) in [5.74, 6) is -0.557. The molecule has 1 aromatic heterocycles. The second-order valence-electron chi connectivity index (χ2n) is 8.05. The van der Waals surface area contributed by atoms with Crippen LogP contribution in [0.3, 0.4) is 0 Å². The maximum atomic E-state index is 12.5. The van der Waals surface area contributed by atoms with E-state index in [0.29, 0.717) is 11.3 Å². The van der Waals surface area contributed by atoms with Gasteiger partial charge in [-0.3, -0.25) is 9.59 Å². The number of rotatable bonds is 7. The first-order valence-corrected chi connectivity index (χ1v) is 10.8. The lowest BCUT2D eigenvalue weighted by molar-refractivity contribution is -0.131. The molecule has 168 valence electrons. The summed E-state index contributed by atoms with van der Waals surface area (Å²) in [6, 6.07) is 5.42. The molecule has 1 atom stereocenters. The van der Waals surface area contributed by atoms with Gasteiger partial charge in [-0.05, 0) is 37.5 Å². The summed E-state index contributed by atoms with van der Waals surface area (Å²) in [7, 11) is 0. The lowest BCUT2D eigenvalue weighted by Gasteiger charge is -2.24. The number of carbonyl (C=O) groups excluding carboxylic acids is 2. The van der Waals surface area contributed by atoms with Crippen molar-refractivity contribution in [1.82, 2.24) is 10.6 Å². The Labute approximate surface area is 181 Å². The van der Waals surface area contributed by atoms with Crippen molar-refractivity contribution in [2.45, 2.75) is 64.0 Å². The van der Waals surface area contributed by atoms with Crippen LogP contribution in [-0.4, -0.2) is 42.2 Å². The zero-order chi connectivity index (χ0) is 22.2. The Kier molecular flexibility index (Phi) is 8.06. The van der Waals surface area contributed by atoms with Crippen molar-refractivity contribution in [2.24, 2.45) is 0 Å². The lowest BCUT2D eigenvalue weighted by atomic mass is 9.96. The fourth-order valence-corrected chi connectivity index (χ4v) is 3.88. The van der Waals surface area contributed by atoms with Gasteiger partial charge in [-0.25, -0.2) is 4.79 Å². The van der Waals surface area contributed by atoms with Crippen LogP contribution in [-0.2, 0) is 9.59 Å². The monoisotopic (exact) mass is 430 g/mol. The zero-order valence-corrected chi connectivity index (χ0v) is 17.8. The molecule has 0 aliphatic heterocycles. The SMILES string of the molecule is Cc1cc(=O)oc2cc(OCC(=O)N[C@@H](CO)C(=O)NC3CCCCCCC3)ccc12. The Morgan fingerprint density at radius 2 is 1.87 bits per heavy atom. The third-order valence-electron chi connectivity index (χ3n) is 5.58. The van der Waals surface area contributed by atoms with Gasteiger partial charge in [-0.2, -0.15) is 0 Å². The molecule has 0 unspecified atom stereocenters. The van der Waals surface area contributed by atoms with E-state index in [4.69, 9.17) is 9.15 Å². The van der Waals surface area contributed by atoms with Gasteiger partial charge in [0.25, 0.3) is 5.91 Å². The molecule has 0 saturated heterocycles. The molecule has 8 heteroatoms. The van der Waals surface area contributed by atoms with Crippen molar-refractivity contribution in [1.29, 1.82) is 0 Å². The second kappa shape index (κ2) is 10.9. The van der Waals surface area contributed by atoms with Gasteiger partial charge in [-0.1, -0.05) is 32.1 Å². The van der Waals surface area contributed by atoms with Crippen molar-refractivity contribution in [3.8, 4) is 5.75 Å². The maximum Gasteiger partial charge on any atom is 0.336 e. The number of aryl methyl sites for hydroxylation is 1. The minimum Gasteiger partial charge on any atom is -0.484 e. The van der Waals surface area contributed by atoms with E-state index in [1.807, 2.05) is 6.92 Å².